The number of hydrogen-bond acceptors (Lipinski definition) is 3. The Balaban J connectivity index is 1.29. The van der Waals surface area contributed by atoms with Gasteiger partial charge in [0.05, 0.1) is 5.56 Å². The molecule has 1 aromatic carbocycles. The van der Waals surface area contributed by atoms with Gasteiger partial charge in [-0.25, -0.2) is 4.79 Å². The SMILES string of the molecule is CN1C(=O)C=C[C@]2(C)[C@H]3CC[C@]4(C)[C@@H](NC(=O)Oc5cccc(C(F)(F)F)c5)CC[C@H]4[C@@H]3CC[C@@H]12. The maximum Gasteiger partial charge on any atom is 0.416 e. The van der Waals surface area contributed by atoms with E-state index in [4.69, 9.17) is 4.74 Å². The van der Waals surface area contributed by atoms with Crippen molar-refractivity contribution in [1.82, 2.24) is 10.2 Å². The first kappa shape index (κ1) is 24.2. The molecule has 35 heavy (non-hydrogen) atoms. The summed E-state index contributed by atoms with van der Waals surface area (Å²) >= 11 is 0. The van der Waals surface area contributed by atoms with Crippen LogP contribution in [-0.4, -0.2) is 36.0 Å². The monoisotopic (exact) mass is 490 g/mol. The maximum atomic E-state index is 13.0. The predicted octanol–water partition coefficient (Wildman–Crippen LogP) is 5.80. The second-order valence-electron chi connectivity index (χ2n) is 11.4. The smallest absolute Gasteiger partial charge is 0.410 e. The number of nitrogens with one attached hydrogen (secondary N) is 1. The zero-order chi connectivity index (χ0) is 25.2. The summed E-state index contributed by atoms with van der Waals surface area (Å²) in [5, 5.41) is 2.99. The highest BCUT2D eigenvalue weighted by atomic mass is 19.4. The summed E-state index contributed by atoms with van der Waals surface area (Å²) in [6, 6.07) is 4.55. The third-order valence-electron chi connectivity index (χ3n) is 9.79. The van der Waals surface area contributed by atoms with Gasteiger partial charge in [0, 0.05) is 24.5 Å². The molecule has 1 N–H and O–H groups in total. The summed E-state index contributed by atoms with van der Waals surface area (Å²) in [4.78, 5) is 26.8. The molecule has 0 unspecified atom stereocenters. The number of amides is 2. The minimum Gasteiger partial charge on any atom is -0.410 e. The lowest BCUT2D eigenvalue weighted by Crippen LogP contribution is -2.60. The van der Waals surface area contributed by atoms with Crippen molar-refractivity contribution in [3.05, 3.63) is 42.0 Å². The molecule has 190 valence electrons. The number of likely N-dealkylation sites (N-methyl/N-ethyl adjacent to an activating group) is 1. The molecule has 5 nitrogen and oxygen atoms in total. The molecule has 1 heterocycles. The van der Waals surface area contributed by atoms with Crippen LogP contribution in [0.25, 0.3) is 0 Å². The highest BCUT2D eigenvalue weighted by Gasteiger charge is 2.60. The van der Waals surface area contributed by atoms with Crippen molar-refractivity contribution < 1.29 is 27.5 Å². The van der Waals surface area contributed by atoms with Gasteiger partial charge in [-0.1, -0.05) is 26.0 Å². The minimum atomic E-state index is -4.49. The van der Waals surface area contributed by atoms with Crippen LogP contribution in [0.1, 0.15) is 57.9 Å². The Morgan fingerprint density at radius 1 is 1.11 bits per heavy atom. The third kappa shape index (κ3) is 3.93. The first-order valence-electron chi connectivity index (χ1n) is 12.5. The molecule has 7 atom stereocenters. The van der Waals surface area contributed by atoms with Crippen molar-refractivity contribution in [2.75, 3.05) is 7.05 Å². The Bertz CT molecular complexity index is 1060. The van der Waals surface area contributed by atoms with Crippen LogP contribution in [0.2, 0.25) is 0 Å². The number of hydrogen-bond donors (Lipinski definition) is 1. The molecule has 3 aliphatic carbocycles. The Morgan fingerprint density at radius 3 is 2.63 bits per heavy atom. The summed E-state index contributed by atoms with van der Waals surface area (Å²) in [5.74, 6) is 1.43. The van der Waals surface area contributed by atoms with Gasteiger partial charge in [-0.05, 0) is 86.0 Å². The molecule has 4 aliphatic rings. The second-order valence-corrected chi connectivity index (χ2v) is 11.4. The van der Waals surface area contributed by atoms with E-state index in [-0.39, 0.29) is 34.6 Å². The van der Waals surface area contributed by atoms with Gasteiger partial charge in [-0.2, -0.15) is 13.2 Å². The van der Waals surface area contributed by atoms with E-state index in [2.05, 4.69) is 25.2 Å². The zero-order valence-electron chi connectivity index (χ0n) is 20.4. The molecular weight excluding hydrogens is 457 g/mol. The van der Waals surface area contributed by atoms with Crippen LogP contribution < -0.4 is 10.1 Å². The fraction of sp³-hybridized carbons (Fsp3) is 0.630. The number of ether oxygens (including phenoxy) is 1. The second kappa shape index (κ2) is 8.27. The predicted molar refractivity (Wildman–Crippen MR) is 124 cm³/mol. The number of nitrogens with zero attached hydrogens (tertiary/aromatic N) is 1. The largest absolute Gasteiger partial charge is 0.416 e. The van der Waals surface area contributed by atoms with Gasteiger partial charge in [0.15, 0.2) is 0 Å². The molecule has 3 fully saturated rings. The first-order chi connectivity index (χ1) is 16.4. The highest BCUT2D eigenvalue weighted by Crippen LogP contribution is 2.63. The Kier molecular flexibility index (Phi) is 5.72. The lowest BCUT2D eigenvalue weighted by molar-refractivity contribution is -0.138. The molecule has 3 saturated carbocycles. The molecule has 0 radical (unpaired) electrons. The van der Waals surface area contributed by atoms with Crippen molar-refractivity contribution in [3.63, 3.8) is 0 Å². The molecule has 0 aromatic heterocycles. The van der Waals surface area contributed by atoms with Crippen LogP contribution in [0, 0.1) is 28.6 Å². The third-order valence-corrected chi connectivity index (χ3v) is 9.79. The number of rotatable bonds is 2. The average Bonchev–Trinajstić information content (AvgIpc) is 3.12. The van der Waals surface area contributed by atoms with E-state index in [0.29, 0.717) is 17.8 Å². The standard InChI is InChI=1S/C27H33F3N2O3/c1-25-13-11-20-18(7-10-22-26(20,2)14-12-23(33)32(22)3)19(25)8-9-21(25)31-24(34)35-17-6-4-5-16(15-17)27(28,29)30/h4-6,12,14-15,18-22H,7-11,13H2,1-3H3,(H,31,34)/t18-,19-,20-,21-,22+,25-,26+/m0/s1. The van der Waals surface area contributed by atoms with Crippen molar-refractivity contribution in [2.24, 2.45) is 28.6 Å². The van der Waals surface area contributed by atoms with Crippen molar-refractivity contribution in [2.45, 2.75) is 70.6 Å². The molecular formula is C27H33F3N2O3. The molecule has 0 bridgehead atoms. The highest BCUT2D eigenvalue weighted by molar-refractivity contribution is 5.89. The van der Waals surface area contributed by atoms with Gasteiger partial charge in [-0.15, -0.1) is 0 Å². The Labute approximate surface area is 204 Å². The molecule has 0 spiro atoms. The molecule has 8 heteroatoms. The zero-order valence-corrected chi connectivity index (χ0v) is 20.4. The van der Waals surface area contributed by atoms with Crippen LogP contribution in [0.5, 0.6) is 5.75 Å². The van der Waals surface area contributed by atoms with E-state index < -0.39 is 17.8 Å². The van der Waals surface area contributed by atoms with E-state index in [1.165, 1.54) is 12.1 Å². The van der Waals surface area contributed by atoms with Crippen LogP contribution in [0.15, 0.2) is 36.4 Å². The summed E-state index contributed by atoms with van der Waals surface area (Å²) in [6.45, 7) is 4.55. The van der Waals surface area contributed by atoms with Crippen molar-refractivity contribution >= 4 is 12.0 Å². The van der Waals surface area contributed by atoms with E-state index in [1.807, 2.05) is 11.9 Å². The van der Waals surface area contributed by atoms with E-state index in [9.17, 15) is 22.8 Å². The van der Waals surface area contributed by atoms with Gasteiger partial charge >= 0.3 is 12.3 Å². The van der Waals surface area contributed by atoms with Crippen LogP contribution in [0.3, 0.4) is 0 Å². The van der Waals surface area contributed by atoms with Gasteiger partial charge < -0.3 is 15.0 Å². The summed E-state index contributed by atoms with van der Waals surface area (Å²) < 4.78 is 44.2. The van der Waals surface area contributed by atoms with Crippen LogP contribution in [0.4, 0.5) is 18.0 Å². The number of halogens is 3. The lowest BCUT2D eigenvalue weighted by Gasteiger charge is -2.60. The normalized spacial score (nSPS) is 38.4. The maximum absolute atomic E-state index is 13.0. The van der Waals surface area contributed by atoms with Crippen LogP contribution >= 0.6 is 0 Å². The van der Waals surface area contributed by atoms with E-state index in [0.717, 1.165) is 50.7 Å². The van der Waals surface area contributed by atoms with E-state index >= 15 is 0 Å². The van der Waals surface area contributed by atoms with Crippen molar-refractivity contribution in [3.8, 4) is 5.75 Å². The summed E-state index contributed by atoms with van der Waals surface area (Å²) in [5.41, 5.74) is -0.972. The molecule has 1 aromatic rings. The summed E-state index contributed by atoms with van der Waals surface area (Å²) in [7, 11) is 1.91. The number of benzene rings is 1. The van der Waals surface area contributed by atoms with Crippen molar-refractivity contribution in [1.29, 1.82) is 0 Å². The fourth-order valence-corrected chi connectivity index (χ4v) is 7.99. The summed E-state index contributed by atoms with van der Waals surface area (Å²) in [6.07, 6.45) is 4.55. The van der Waals surface area contributed by atoms with Crippen LogP contribution in [-0.2, 0) is 11.0 Å². The Morgan fingerprint density at radius 2 is 1.89 bits per heavy atom. The quantitative estimate of drug-likeness (QED) is 0.570. The number of carbonyl (C=O) groups excluding carboxylic acids is 2. The Hall–Kier alpha value is -2.51. The lowest BCUT2D eigenvalue weighted by atomic mass is 9.48. The number of alkyl halides is 3. The minimum absolute atomic E-state index is 0.0408. The van der Waals surface area contributed by atoms with Gasteiger partial charge in [-0.3, -0.25) is 4.79 Å². The number of carbonyl (C=O) groups is 2. The molecule has 5 rings (SSSR count). The van der Waals surface area contributed by atoms with Gasteiger partial charge in [0.2, 0.25) is 5.91 Å². The topological polar surface area (TPSA) is 58.6 Å². The number of fused-ring (bicyclic) bond motifs is 5. The fourth-order valence-electron chi connectivity index (χ4n) is 7.99. The molecule has 0 saturated heterocycles. The van der Waals surface area contributed by atoms with E-state index in [1.54, 1.807) is 6.08 Å². The molecule has 1 aliphatic heterocycles. The first-order valence-corrected chi connectivity index (χ1v) is 12.5. The molecule has 2 amide bonds. The average molecular weight is 491 g/mol. The van der Waals surface area contributed by atoms with Gasteiger partial charge in [0.1, 0.15) is 5.75 Å². The van der Waals surface area contributed by atoms with Gasteiger partial charge in [0.25, 0.3) is 0 Å².